The second-order valence-electron chi connectivity index (χ2n) is 6.42. The fraction of sp³-hybridized carbons (Fsp3) is 0.857. The van der Waals surface area contributed by atoms with Gasteiger partial charge in [-0.1, -0.05) is 0 Å². The molecule has 1 aromatic rings. The number of nitrogens with one attached hydrogen (secondary N) is 1. The SMILES string of the molecule is COCc1nc2n(n1)CCC[C@@H]2NS(=O)(=O)N1C[C@H](C)OC[C@H]1C. The minimum Gasteiger partial charge on any atom is -0.377 e. The molecule has 0 aromatic carbocycles. The molecule has 10 heteroatoms. The van der Waals surface area contributed by atoms with Gasteiger partial charge in [-0.3, -0.25) is 0 Å². The third-order valence-corrected chi connectivity index (χ3v) is 6.05. The topological polar surface area (TPSA) is 98.6 Å². The molecule has 3 rings (SSSR count). The van der Waals surface area contributed by atoms with Crippen molar-refractivity contribution in [2.45, 2.75) is 58.0 Å². The van der Waals surface area contributed by atoms with E-state index in [0.29, 0.717) is 37.8 Å². The summed E-state index contributed by atoms with van der Waals surface area (Å²) in [7, 11) is -2.04. The van der Waals surface area contributed by atoms with Crippen molar-refractivity contribution in [3.63, 3.8) is 0 Å². The van der Waals surface area contributed by atoms with E-state index in [1.807, 2.05) is 13.8 Å². The van der Waals surface area contributed by atoms with Crippen molar-refractivity contribution in [2.75, 3.05) is 20.3 Å². The molecule has 0 saturated carbocycles. The Hall–Kier alpha value is -1.07. The standard InChI is InChI=1S/C14H25N5O4S/c1-10-8-23-11(2)7-19(10)24(20,21)17-12-5-4-6-18-14(12)15-13(16-18)9-22-3/h10-12,17H,4-9H2,1-3H3/t10-,11+,12+/m1/s1. The first kappa shape index (κ1) is 17.7. The fourth-order valence-electron chi connectivity index (χ4n) is 3.16. The van der Waals surface area contributed by atoms with Gasteiger partial charge in [0.2, 0.25) is 0 Å². The minimum absolute atomic E-state index is 0.110. The zero-order chi connectivity index (χ0) is 17.3. The molecule has 2 aliphatic heterocycles. The van der Waals surface area contributed by atoms with E-state index in [4.69, 9.17) is 9.47 Å². The Morgan fingerprint density at radius 1 is 1.42 bits per heavy atom. The van der Waals surface area contributed by atoms with E-state index in [-0.39, 0.29) is 18.2 Å². The summed E-state index contributed by atoms with van der Waals surface area (Å²) in [5.41, 5.74) is 0. The number of ether oxygens (including phenoxy) is 2. The summed E-state index contributed by atoms with van der Waals surface area (Å²) in [6.45, 7) is 5.55. The molecule has 1 fully saturated rings. The molecule has 1 N–H and O–H groups in total. The lowest BCUT2D eigenvalue weighted by Crippen LogP contribution is -2.54. The van der Waals surface area contributed by atoms with Gasteiger partial charge in [-0.2, -0.15) is 22.5 Å². The van der Waals surface area contributed by atoms with Crippen LogP contribution in [0.25, 0.3) is 0 Å². The summed E-state index contributed by atoms with van der Waals surface area (Å²) >= 11 is 0. The number of nitrogens with zero attached hydrogens (tertiary/aromatic N) is 4. The first-order valence-electron chi connectivity index (χ1n) is 8.24. The molecule has 0 radical (unpaired) electrons. The molecular weight excluding hydrogens is 334 g/mol. The maximum atomic E-state index is 12.8. The molecule has 2 aliphatic rings. The third kappa shape index (κ3) is 3.62. The van der Waals surface area contributed by atoms with Crippen LogP contribution in [0.15, 0.2) is 0 Å². The van der Waals surface area contributed by atoms with Crippen molar-refractivity contribution in [1.29, 1.82) is 0 Å². The van der Waals surface area contributed by atoms with Crippen LogP contribution < -0.4 is 4.72 Å². The number of hydrogen-bond donors (Lipinski definition) is 1. The molecule has 3 heterocycles. The molecule has 1 saturated heterocycles. The molecule has 0 aliphatic carbocycles. The van der Waals surface area contributed by atoms with Crippen LogP contribution in [0.1, 0.15) is 44.4 Å². The lowest BCUT2D eigenvalue weighted by molar-refractivity contribution is -0.0176. The van der Waals surface area contributed by atoms with Gasteiger partial charge in [-0.25, -0.2) is 9.67 Å². The van der Waals surface area contributed by atoms with Crippen LogP contribution in [0, 0.1) is 0 Å². The molecule has 9 nitrogen and oxygen atoms in total. The summed E-state index contributed by atoms with van der Waals surface area (Å²) in [5, 5.41) is 4.37. The molecule has 136 valence electrons. The van der Waals surface area contributed by atoms with Gasteiger partial charge in [0.1, 0.15) is 12.4 Å². The smallest absolute Gasteiger partial charge is 0.280 e. The number of hydrogen-bond acceptors (Lipinski definition) is 6. The summed E-state index contributed by atoms with van der Waals surface area (Å²) in [6.07, 6.45) is 1.45. The Bertz CT molecular complexity index is 677. The maximum absolute atomic E-state index is 12.8. The summed E-state index contributed by atoms with van der Waals surface area (Å²) in [5.74, 6) is 1.23. The number of methoxy groups -OCH3 is 1. The van der Waals surface area contributed by atoms with Gasteiger partial charge in [-0.05, 0) is 26.7 Å². The van der Waals surface area contributed by atoms with Crippen molar-refractivity contribution in [2.24, 2.45) is 0 Å². The van der Waals surface area contributed by atoms with E-state index in [1.165, 1.54) is 4.31 Å². The van der Waals surface area contributed by atoms with E-state index in [1.54, 1.807) is 11.8 Å². The number of rotatable bonds is 5. The highest BCUT2D eigenvalue weighted by Gasteiger charge is 2.36. The van der Waals surface area contributed by atoms with Crippen LogP contribution in [0.3, 0.4) is 0 Å². The number of morpholine rings is 1. The number of fused-ring (bicyclic) bond motifs is 1. The lowest BCUT2D eigenvalue weighted by Gasteiger charge is -2.36. The molecule has 0 spiro atoms. The second kappa shape index (κ2) is 7.04. The van der Waals surface area contributed by atoms with Gasteiger partial charge in [0, 0.05) is 26.2 Å². The Morgan fingerprint density at radius 3 is 2.96 bits per heavy atom. The minimum atomic E-state index is -3.62. The van der Waals surface area contributed by atoms with E-state index >= 15 is 0 Å². The van der Waals surface area contributed by atoms with Gasteiger partial charge < -0.3 is 9.47 Å². The van der Waals surface area contributed by atoms with E-state index < -0.39 is 10.2 Å². The predicted molar refractivity (Wildman–Crippen MR) is 86.3 cm³/mol. The number of aromatic nitrogens is 3. The molecule has 0 unspecified atom stereocenters. The third-order valence-electron chi connectivity index (χ3n) is 4.34. The van der Waals surface area contributed by atoms with Crippen molar-refractivity contribution >= 4 is 10.2 Å². The second-order valence-corrected chi connectivity index (χ2v) is 8.08. The van der Waals surface area contributed by atoms with Crippen molar-refractivity contribution in [3.8, 4) is 0 Å². The largest absolute Gasteiger partial charge is 0.377 e. The van der Waals surface area contributed by atoms with E-state index in [9.17, 15) is 8.42 Å². The zero-order valence-electron chi connectivity index (χ0n) is 14.3. The van der Waals surface area contributed by atoms with Crippen LogP contribution in [-0.2, 0) is 32.8 Å². The average molecular weight is 359 g/mol. The zero-order valence-corrected chi connectivity index (χ0v) is 15.1. The van der Waals surface area contributed by atoms with Crippen LogP contribution >= 0.6 is 0 Å². The van der Waals surface area contributed by atoms with Gasteiger partial charge in [0.15, 0.2) is 5.82 Å². The molecule has 0 amide bonds. The molecular formula is C14H25N5O4S. The van der Waals surface area contributed by atoms with Crippen LogP contribution in [0.5, 0.6) is 0 Å². The fourth-order valence-corrected chi connectivity index (χ4v) is 4.82. The highest BCUT2D eigenvalue weighted by atomic mass is 32.2. The van der Waals surface area contributed by atoms with Crippen LogP contribution in [-0.4, -0.2) is 59.9 Å². The highest BCUT2D eigenvalue weighted by molar-refractivity contribution is 7.87. The predicted octanol–water partition coefficient (Wildman–Crippen LogP) is 0.203. The summed E-state index contributed by atoms with van der Waals surface area (Å²) in [6, 6.07) is -0.559. The Labute approximate surface area is 142 Å². The first-order valence-corrected chi connectivity index (χ1v) is 9.68. The Balaban J connectivity index is 1.78. The Kier molecular flexibility index (Phi) is 5.21. The lowest BCUT2D eigenvalue weighted by atomic mass is 10.1. The highest BCUT2D eigenvalue weighted by Crippen LogP contribution is 2.25. The number of aryl methyl sites for hydroxylation is 1. The summed E-state index contributed by atoms with van der Waals surface area (Å²) in [4.78, 5) is 4.44. The van der Waals surface area contributed by atoms with Crippen molar-refractivity contribution < 1.29 is 17.9 Å². The summed E-state index contributed by atoms with van der Waals surface area (Å²) < 4.78 is 42.3. The molecule has 0 bridgehead atoms. The first-order chi connectivity index (χ1) is 11.4. The Morgan fingerprint density at radius 2 is 2.21 bits per heavy atom. The van der Waals surface area contributed by atoms with E-state index in [2.05, 4.69) is 14.8 Å². The quantitative estimate of drug-likeness (QED) is 0.807. The van der Waals surface area contributed by atoms with Crippen LogP contribution in [0.2, 0.25) is 0 Å². The van der Waals surface area contributed by atoms with Crippen LogP contribution in [0.4, 0.5) is 0 Å². The van der Waals surface area contributed by atoms with Crippen molar-refractivity contribution in [3.05, 3.63) is 11.6 Å². The van der Waals surface area contributed by atoms with Gasteiger partial charge >= 0.3 is 0 Å². The maximum Gasteiger partial charge on any atom is 0.280 e. The van der Waals surface area contributed by atoms with Crippen molar-refractivity contribution in [1.82, 2.24) is 23.8 Å². The molecule has 24 heavy (non-hydrogen) atoms. The normalized spacial score (nSPS) is 28.7. The molecule has 3 atom stereocenters. The van der Waals surface area contributed by atoms with Gasteiger partial charge in [0.05, 0.1) is 18.8 Å². The van der Waals surface area contributed by atoms with E-state index in [0.717, 1.165) is 13.0 Å². The van der Waals surface area contributed by atoms with Gasteiger partial charge in [-0.15, -0.1) is 0 Å². The monoisotopic (exact) mass is 359 g/mol. The average Bonchev–Trinajstić information content (AvgIpc) is 2.93. The van der Waals surface area contributed by atoms with Gasteiger partial charge in [0.25, 0.3) is 10.2 Å². The molecule has 1 aromatic heterocycles.